The van der Waals surface area contributed by atoms with E-state index in [0.717, 1.165) is 12.3 Å². The predicted molar refractivity (Wildman–Crippen MR) is 53.8 cm³/mol. The molecular formula is C12H8F2NO. The number of benzene rings is 1. The average Bonchev–Trinajstić information content (AvgIpc) is 2.29. The van der Waals surface area contributed by atoms with E-state index in [1.165, 1.54) is 0 Å². The maximum absolute atomic E-state index is 13.2. The highest BCUT2D eigenvalue weighted by Crippen LogP contribution is 2.12. The van der Waals surface area contributed by atoms with Crippen LogP contribution in [0.3, 0.4) is 0 Å². The minimum atomic E-state index is -0.712. The summed E-state index contributed by atoms with van der Waals surface area (Å²) in [6, 6.07) is 10.6. The Kier molecular flexibility index (Phi) is 3.10. The maximum Gasteiger partial charge on any atom is 0.151 e. The van der Waals surface area contributed by atoms with Gasteiger partial charge in [0.1, 0.15) is 23.9 Å². The summed E-state index contributed by atoms with van der Waals surface area (Å²) in [7, 11) is 0. The smallest absolute Gasteiger partial charge is 0.151 e. The second-order valence-corrected chi connectivity index (χ2v) is 3.10. The van der Waals surface area contributed by atoms with Crippen LogP contribution in [0.5, 0.6) is 5.75 Å². The maximum atomic E-state index is 13.2. The van der Waals surface area contributed by atoms with E-state index in [2.05, 4.69) is 11.1 Å². The fourth-order valence-corrected chi connectivity index (χ4v) is 1.16. The molecule has 0 aliphatic rings. The summed E-state index contributed by atoms with van der Waals surface area (Å²) in [5.41, 5.74) is 0.0682. The molecule has 0 aliphatic carbocycles. The molecule has 0 N–H and O–H groups in total. The van der Waals surface area contributed by atoms with Gasteiger partial charge in [-0.15, -0.1) is 0 Å². The lowest BCUT2D eigenvalue weighted by Gasteiger charge is -2.05. The number of para-hydroxylation sites is 1. The molecule has 0 bridgehead atoms. The number of ether oxygens (including phenoxy) is 1. The van der Waals surface area contributed by atoms with Gasteiger partial charge in [0.2, 0.25) is 0 Å². The fraction of sp³-hybridized carbons (Fsp3) is 0.0833. The Morgan fingerprint density at radius 3 is 2.88 bits per heavy atom. The van der Waals surface area contributed by atoms with Gasteiger partial charge < -0.3 is 4.74 Å². The SMILES string of the molecule is Fc1cnc(COc2[c]cccc2)c(F)c1. The normalized spacial score (nSPS) is 10.1. The van der Waals surface area contributed by atoms with Crippen LogP contribution >= 0.6 is 0 Å². The summed E-state index contributed by atoms with van der Waals surface area (Å²) in [4.78, 5) is 3.60. The minimum absolute atomic E-state index is 0.0490. The summed E-state index contributed by atoms with van der Waals surface area (Å²) < 4.78 is 31.0. The molecule has 1 radical (unpaired) electrons. The lowest BCUT2D eigenvalue weighted by Crippen LogP contribution is -2.02. The molecule has 0 atom stereocenters. The van der Waals surface area contributed by atoms with Crippen LogP contribution in [0.2, 0.25) is 0 Å². The van der Waals surface area contributed by atoms with Crippen LogP contribution in [-0.2, 0) is 6.61 Å². The zero-order chi connectivity index (χ0) is 11.4. The van der Waals surface area contributed by atoms with Gasteiger partial charge in [-0.2, -0.15) is 0 Å². The monoisotopic (exact) mass is 220 g/mol. The Morgan fingerprint density at radius 1 is 1.31 bits per heavy atom. The lowest BCUT2D eigenvalue weighted by atomic mass is 10.3. The van der Waals surface area contributed by atoms with Crippen LogP contribution in [0.1, 0.15) is 5.69 Å². The van der Waals surface area contributed by atoms with E-state index >= 15 is 0 Å². The van der Waals surface area contributed by atoms with Gasteiger partial charge >= 0.3 is 0 Å². The topological polar surface area (TPSA) is 22.1 Å². The third-order valence-corrected chi connectivity index (χ3v) is 1.93. The Morgan fingerprint density at radius 2 is 2.19 bits per heavy atom. The van der Waals surface area contributed by atoms with E-state index in [9.17, 15) is 8.78 Å². The van der Waals surface area contributed by atoms with E-state index in [0.29, 0.717) is 5.75 Å². The van der Waals surface area contributed by atoms with Crippen LogP contribution in [0.4, 0.5) is 8.78 Å². The quantitative estimate of drug-likeness (QED) is 0.793. The first-order valence-corrected chi connectivity index (χ1v) is 4.65. The van der Waals surface area contributed by atoms with Gasteiger partial charge in [-0.3, -0.25) is 4.98 Å². The van der Waals surface area contributed by atoms with Crippen LogP contribution < -0.4 is 4.74 Å². The van der Waals surface area contributed by atoms with Gasteiger partial charge in [-0.1, -0.05) is 18.2 Å². The number of hydrogen-bond acceptors (Lipinski definition) is 2. The lowest BCUT2D eigenvalue weighted by molar-refractivity contribution is 0.293. The van der Waals surface area contributed by atoms with E-state index in [1.807, 2.05) is 0 Å². The molecule has 1 heterocycles. The van der Waals surface area contributed by atoms with Crippen LogP contribution in [0.25, 0.3) is 0 Å². The zero-order valence-corrected chi connectivity index (χ0v) is 8.28. The molecule has 0 unspecified atom stereocenters. The van der Waals surface area contributed by atoms with Crippen molar-refractivity contribution in [2.24, 2.45) is 0 Å². The molecule has 0 saturated carbocycles. The molecule has 16 heavy (non-hydrogen) atoms. The summed E-state index contributed by atoms with van der Waals surface area (Å²) in [6.07, 6.45) is 0.955. The first-order chi connectivity index (χ1) is 7.75. The van der Waals surface area contributed by atoms with Crippen molar-refractivity contribution < 1.29 is 13.5 Å². The van der Waals surface area contributed by atoms with Crippen molar-refractivity contribution in [3.63, 3.8) is 0 Å². The van der Waals surface area contributed by atoms with Gasteiger partial charge in [0.15, 0.2) is 5.82 Å². The molecule has 0 aliphatic heterocycles. The van der Waals surface area contributed by atoms with Crippen molar-refractivity contribution in [2.75, 3.05) is 0 Å². The van der Waals surface area contributed by atoms with Gasteiger partial charge in [0.05, 0.1) is 6.20 Å². The summed E-state index contributed by atoms with van der Waals surface area (Å²) in [6.45, 7) is -0.0490. The van der Waals surface area contributed by atoms with Crippen molar-refractivity contribution >= 4 is 0 Å². The third kappa shape index (κ3) is 2.53. The summed E-state index contributed by atoms with van der Waals surface area (Å²) in [5, 5.41) is 0. The Labute approximate surface area is 91.5 Å². The number of aromatic nitrogens is 1. The number of rotatable bonds is 3. The molecule has 1 aromatic carbocycles. The van der Waals surface area contributed by atoms with Crippen LogP contribution in [0, 0.1) is 17.7 Å². The van der Waals surface area contributed by atoms with E-state index < -0.39 is 11.6 Å². The molecule has 81 valence electrons. The molecule has 0 spiro atoms. The second-order valence-electron chi connectivity index (χ2n) is 3.10. The molecule has 0 fully saturated rings. The third-order valence-electron chi connectivity index (χ3n) is 1.93. The Balaban J connectivity index is 2.05. The predicted octanol–water partition coefficient (Wildman–Crippen LogP) is 2.74. The molecule has 0 saturated heterocycles. The van der Waals surface area contributed by atoms with E-state index in [-0.39, 0.29) is 12.3 Å². The Bertz CT molecular complexity index is 474. The molecule has 4 heteroatoms. The van der Waals surface area contributed by atoms with Crippen molar-refractivity contribution in [2.45, 2.75) is 6.61 Å². The number of pyridine rings is 1. The van der Waals surface area contributed by atoms with Crippen LogP contribution in [-0.4, -0.2) is 4.98 Å². The van der Waals surface area contributed by atoms with Crippen molar-refractivity contribution in [3.05, 3.63) is 59.9 Å². The number of nitrogens with zero attached hydrogens (tertiary/aromatic N) is 1. The molecule has 2 rings (SSSR count). The standard InChI is InChI=1S/C12H8F2NO/c13-9-6-11(14)12(15-7-9)8-16-10-4-2-1-3-5-10/h1-4,6-7H,8H2. The van der Waals surface area contributed by atoms with E-state index in [4.69, 9.17) is 4.74 Å². The molecule has 2 nitrogen and oxygen atoms in total. The first-order valence-electron chi connectivity index (χ1n) is 4.65. The highest BCUT2D eigenvalue weighted by Gasteiger charge is 2.05. The zero-order valence-electron chi connectivity index (χ0n) is 8.28. The van der Waals surface area contributed by atoms with Gasteiger partial charge in [0.25, 0.3) is 0 Å². The Hall–Kier alpha value is -1.97. The second kappa shape index (κ2) is 4.70. The first kappa shape index (κ1) is 10.5. The highest BCUT2D eigenvalue weighted by atomic mass is 19.1. The van der Waals surface area contributed by atoms with Crippen molar-refractivity contribution in [1.82, 2.24) is 4.98 Å². The highest BCUT2D eigenvalue weighted by molar-refractivity contribution is 5.20. The fourth-order valence-electron chi connectivity index (χ4n) is 1.16. The van der Waals surface area contributed by atoms with E-state index in [1.54, 1.807) is 24.3 Å². The minimum Gasteiger partial charge on any atom is -0.487 e. The number of hydrogen-bond donors (Lipinski definition) is 0. The average molecular weight is 220 g/mol. The largest absolute Gasteiger partial charge is 0.487 e. The molecular weight excluding hydrogens is 212 g/mol. The van der Waals surface area contributed by atoms with Gasteiger partial charge in [-0.05, 0) is 6.07 Å². The summed E-state index contributed by atoms with van der Waals surface area (Å²) in [5.74, 6) is -0.920. The van der Waals surface area contributed by atoms with Crippen molar-refractivity contribution in [1.29, 1.82) is 0 Å². The molecule has 2 aromatic rings. The van der Waals surface area contributed by atoms with Crippen LogP contribution in [0.15, 0.2) is 36.5 Å². The molecule has 1 aromatic heterocycles. The number of halogens is 2. The summed E-state index contributed by atoms with van der Waals surface area (Å²) >= 11 is 0. The van der Waals surface area contributed by atoms with Crippen molar-refractivity contribution in [3.8, 4) is 5.75 Å². The van der Waals surface area contributed by atoms with Gasteiger partial charge in [-0.25, -0.2) is 8.78 Å². The molecule has 0 amide bonds. The van der Waals surface area contributed by atoms with Gasteiger partial charge in [0, 0.05) is 12.1 Å².